The second-order valence-electron chi connectivity index (χ2n) is 4.21. The second kappa shape index (κ2) is 9.40. The largest absolute Gasteiger partial charge is 0.378 e. The Balaban J connectivity index is 3.40. The summed E-state index contributed by atoms with van der Waals surface area (Å²) in [5.41, 5.74) is 0.552. The molecule has 0 aromatic carbocycles. The van der Waals surface area contributed by atoms with Crippen molar-refractivity contribution in [1.82, 2.24) is 5.32 Å². The summed E-state index contributed by atoms with van der Waals surface area (Å²) in [6.07, 6.45) is 4.62. The van der Waals surface area contributed by atoms with Crippen LogP contribution in [0.2, 0.25) is 0 Å². The van der Waals surface area contributed by atoms with E-state index in [9.17, 15) is 4.79 Å². The number of ether oxygens (including phenoxy) is 1. The predicted octanol–water partition coefficient (Wildman–Crippen LogP) is 2.66. The Morgan fingerprint density at radius 1 is 1.44 bits per heavy atom. The van der Waals surface area contributed by atoms with Gasteiger partial charge in [0.2, 0.25) is 5.91 Å². The number of amides is 1. The lowest BCUT2D eigenvalue weighted by Crippen LogP contribution is -2.27. The average molecular weight is 227 g/mol. The quantitative estimate of drug-likeness (QED) is 0.486. The summed E-state index contributed by atoms with van der Waals surface area (Å²) < 4.78 is 5.61. The van der Waals surface area contributed by atoms with Gasteiger partial charge in [0.25, 0.3) is 0 Å². The van der Waals surface area contributed by atoms with Crippen LogP contribution in [0.15, 0.2) is 12.2 Å². The highest BCUT2D eigenvalue weighted by atomic mass is 16.5. The molecule has 0 rings (SSSR count). The van der Waals surface area contributed by atoms with Gasteiger partial charge in [0.05, 0.1) is 6.10 Å². The Kier molecular flexibility index (Phi) is 8.91. The monoisotopic (exact) mass is 227 g/mol. The zero-order chi connectivity index (χ0) is 12.4. The molecule has 1 N–H and O–H groups in total. The Morgan fingerprint density at radius 3 is 2.69 bits per heavy atom. The lowest BCUT2D eigenvalue weighted by Gasteiger charge is -2.13. The molecule has 0 aliphatic rings. The average Bonchev–Trinajstić information content (AvgIpc) is 2.24. The second-order valence-corrected chi connectivity index (χ2v) is 4.21. The van der Waals surface area contributed by atoms with E-state index in [1.165, 1.54) is 12.8 Å². The zero-order valence-electron chi connectivity index (χ0n) is 10.8. The standard InChI is InChI=1S/C13H25NO2/c1-5-6-7-10-16-12(4)8-9-14-13(15)11(2)3/h12H,2,5-10H2,1,3-4H3,(H,14,15). The van der Waals surface area contributed by atoms with Crippen LogP contribution >= 0.6 is 0 Å². The molecular formula is C13H25NO2. The van der Waals surface area contributed by atoms with Crippen LogP contribution in [0.1, 0.15) is 46.5 Å². The summed E-state index contributed by atoms with van der Waals surface area (Å²) in [5, 5.41) is 2.80. The van der Waals surface area contributed by atoms with Crippen molar-refractivity contribution in [2.24, 2.45) is 0 Å². The lowest BCUT2D eigenvalue weighted by molar-refractivity contribution is -0.117. The SMILES string of the molecule is C=C(C)C(=O)NCCC(C)OCCCCC. The van der Waals surface area contributed by atoms with Gasteiger partial charge in [0.1, 0.15) is 0 Å². The fraction of sp³-hybridized carbons (Fsp3) is 0.769. The van der Waals surface area contributed by atoms with E-state index in [-0.39, 0.29) is 12.0 Å². The van der Waals surface area contributed by atoms with Crippen molar-refractivity contribution in [2.75, 3.05) is 13.2 Å². The molecule has 1 unspecified atom stereocenters. The molecule has 0 aromatic heterocycles. The molecule has 3 nitrogen and oxygen atoms in total. The molecule has 1 atom stereocenters. The van der Waals surface area contributed by atoms with Gasteiger partial charge in [-0.2, -0.15) is 0 Å². The van der Waals surface area contributed by atoms with E-state index in [1.807, 2.05) is 6.92 Å². The molecule has 0 aliphatic heterocycles. The van der Waals surface area contributed by atoms with E-state index < -0.39 is 0 Å². The Hall–Kier alpha value is -0.830. The smallest absolute Gasteiger partial charge is 0.246 e. The van der Waals surface area contributed by atoms with Gasteiger partial charge in [-0.25, -0.2) is 0 Å². The van der Waals surface area contributed by atoms with Crippen molar-refractivity contribution in [3.8, 4) is 0 Å². The molecule has 3 heteroatoms. The molecular weight excluding hydrogens is 202 g/mol. The number of rotatable bonds is 9. The first kappa shape index (κ1) is 15.2. The van der Waals surface area contributed by atoms with E-state index in [4.69, 9.17) is 4.74 Å². The highest BCUT2D eigenvalue weighted by Gasteiger charge is 2.04. The minimum Gasteiger partial charge on any atom is -0.378 e. The van der Waals surface area contributed by atoms with Gasteiger partial charge < -0.3 is 10.1 Å². The maximum Gasteiger partial charge on any atom is 0.246 e. The van der Waals surface area contributed by atoms with E-state index in [2.05, 4.69) is 18.8 Å². The van der Waals surface area contributed by atoms with Gasteiger partial charge in [-0.3, -0.25) is 4.79 Å². The Bertz CT molecular complexity index is 214. The van der Waals surface area contributed by atoms with E-state index >= 15 is 0 Å². The third-order valence-electron chi connectivity index (χ3n) is 2.37. The number of hydrogen-bond acceptors (Lipinski definition) is 2. The van der Waals surface area contributed by atoms with Gasteiger partial charge in [-0.1, -0.05) is 26.3 Å². The maximum atomic E-state index is 11.2. The molecule has 94 valence electrons. The van der Waals surface area contributed by atoms with Crippen molar-refractivity contribution in [3.05, 3.63) is 12.2 Å². The van der Waals surface area contributed by atoms with Gasteiger partial charge in [-0.05, 0) is 26.7 Å². The minimum atomic E-state index is -0.0711. The molecule has 0 bridgehead atoms. The molecule has 1 amide bonds. The molecule has 16 heavy (non-hydrogen) atoms. The van der Waals surface area contributed by atoms with Crippen LogP contribution in [0, 0.1) is 0 Å². The predicted molar refractivity (Wildman–Crippen MR) is 67.4 cm³/mol. The normalized spacial score (nSPS) is 12.2. The van der Waals surface area contributed by atoms with Crippen LogP contribution in [-0.2, 0) is 9.53 Å². The molecule has 0 spiro atoms. The highest BCUT2D eigenvalue weighted by Crippen LogP contribution is 2.00. The lowest BCUT2D eigenvalue weighted by atomic mass is 10.2. The minimum absolute atomic E-state index is 0.0711. The zero-order valence-corrected chi connectivity index (χ0v) is 10.8. The van der Waals surface area contributed by atoms with Crippen molar-refractivity contribution < 1.29 is 9.53 Å². The van der Waals surface area contributed by atoms with Gasteiger partial charge in [0, 0.05) is 18.7 Å². The van der Waals surface area contributed by atoms with Gasteiger partial charge in [0.15, 0.2) is 0 Å². The molecule has 0 radical (unpaired) electrons. The van der Waals surface area contributed by atoms with Crippen LogP contribution in [0.5, 0.6) is 0 Å². The Morgan fingerprint density at radius 2 is 2.12 bits per heavy atom. The van der Waals surface area contributed by atoms with Crippen molar-refractivity contribution in [1.29, 1.82) is 0 Å². The van der Waals surface area contributed by atoms with E-state index in [0.29, 0.717) is 12.1 Å². The van der Waals surface area contributed by atoms with Gasteiger partial charge in [-0.15, -0.1) is 0 Å². The summed E-state index contributed by atoms with van der Waals surface area (Å²) in [7, 11) is 0. The molecule has 0 heterocycles. The molecule has 0 saturated heterocycles. The van der Waals surface area contributed by atoms with E-state index in [0.717, 1.165) is 19.4 Å². The summed E-state index contributed by atoms with van der Waals surface area (Å²) in [6.45, 7) is 11.0. The maximum absolute atomic E-state index is 11.2. The number of nitrogens with one attached hydrogen (secondary N) is 1. The fourth-order valence-corrected chi connectivity index (χ4v) is 1.26. The summed E-state index contributed by atoms with van der Waals surface area (Å²) in [6, 6.07) is 0. The first-order valence-corrected chi connectivity index (χ1v) is 6.13. The fourth-order valence-electron chi connectivity index (χ4n) is 1.26. The number of carbonyl (C=O) groups is 1. The molecule has 0 aromatic rings. The number of hydrogen-bond donors (Lipinski definition) is 1. The van der Waals surface area contributed by atoms with Crippen molar-refractivity contribution in [2.45, 2.75) is 52.6 Å². The third-order valence-corrected chi connectivity index (χ3v) is 2.37. The third kappa shape index (κ3) is 8.48. The summed E-state index contributed by atoms with van der Waals surface area (Å²) in [5.74, 6) is -0.0711. The van der Waals surface area contributed by atoms with Crippen LogP contribution < -0.4 is 5.32 Å². The van der Waals surface area contributed by atoms with Crippen LogP contribution in [0.4, 0.5) is 0 Å². The first-order valence-electron chi connectivity index (χ1n) is 6.13. The number of carbonyl (C=O) groups excluding carboxylic acids is 1. The topological polar surface area (TPSA) is 38.3 Å². The Labute approximate surface area is 99.3 Å². The summed E-state index contributed by atoms with van der Waals surface area (Å²) >= 11 is 0. The molecule has 0 aliphatic carbocycles. The van der Waals surface area contributed by atoms with Crippen LogP contribution in [-0.4, -0.2) is 25.2 Å². The van der Waals surface area contributed by atoms with Gasteiger partial charge >= 0.3 is 0 Å². The summed E-state index contributed by atoms with van der Waals surface area (Å²) in [4.78, 5) is 11.2. The molecule has 0 saturated carbocycles. The van der Waals surface area contributed by atoms with Crippen molar-refractivity contribution in [3.63, 3.8) is 0 Å². The van der Waals surface area contributed by atoms with Crippen LogP contribution in [0.3, 0.4) is 0 Å². The number of unbranched alkanes of at least 4 members (excludes halogenated alkanes) is 2. The highest BCUT2D eigenvalue weighted by molar-refractivity contribution is 5.91. The van der Waals surface area contributed by atoms with Crippen molar-refractivity contribution >= 4 is 5.91 Å². The van der Waals surface area contributed by atoms with E-state index in [1.54, 1.807) is 6.92 Å². The molecule has 0 fully saturated rings. The van der Waals surface area contributed by atoms with Crippen LogP contribution in [0.25, 0.3) is 0 Å². The first-order chi connectivity index (χ1) is 7.57.